The highest BCUT2D eigenvalue weighted by atomic mass is 16.5. The summed E-state index contributed by atoms with van der Waals surface area (Å²) in [6.45, 7) is 0.472. The third-order valence-corrected chi connectivity index (χ3v) is 6.08. The smallest absolute Gasteiger partial charge is 0.318 e. The minimum absolute atomic E-state index is 0.278. The van der Waals surface area contributed by atoms with Crippen LogP contribution in [0.1, 0.15) is 46.6 Å². The fourth-order valence-electron chi connectivity index (χ4n) is 4.82. The largest absolute Gasteiger partial charge is 0.489 e. The summed E-state index contributed by atoms with van der Waals surface area (Å²) in [4.78, 5) is 12.5. The lowest BCUT2D eigenvalue weighted by Gasteiger charge is -2.46. The zero-order chi connectivity index (χ0) is 18.4. The minimum Gasteiger partial charge on any atom is -0.489 e. The number of rotatable bonds is 4. The van der Waals surface area contributed by atoms with E-state index in [1.807, 2.05) is 60.7 Å². The molecule has 2 atom stereocenters. The SMILES string of the molecule is O=C(O)C12CCC(c3ccccc31)c1ccc(OCc3ccccc3)cc12. The number of benzene rings is 3. The van der Waals surface area contributed by atoms with Gasteiger partial charge >= 0.3 is 5.97 Å². The molecule has 0 amide bonds. The van der Waals surface area contributed by atoms with Crippen LogP contribution in [0, 0.1) is 0 Å². The van der Waals surface area contributed by atoms with Crippen LogP contribution in [0.5, 0.6) is 5.75 Å². The molecule has 0 fully saturated rings. The number of ether oxygens (including phenoxy) is 1. The molecule has 3 aromatic carbocycles. The molecule has 0 aliphatic heterocycles. The second kappa shape index (κ2) is 5.98. The molecular weight excluding hydrogens is 336 g/mol. The lowest BCUT2D eigenvalue weighted by molar-refractivity contribution is -0.143. The third-order valence-electron chi connectivity index (χ3n) is 6.08. The molecule has 3 aromatic rings. The summed E-state index contributed by atoms with van der Waals surface area (Å²) in [6.07, 6.45) is 1.51. The molecule has 0 spiro atoms. The van der Waals surface area contributed by atoms with Gasteiger partial charge in [-0.15, -0.1) is 0 Å². The fourth-order valence-corrected chi connectivity index (χ4v) is 4.82. The van der Waals surface area contributed by atoms with Gasteiger partial charge in [0.25, 0.3) is 0 Å². The number of hydrogen-bond donors (Lipinski definition) is 1. The number of carboxylic acids is 1. The van der Waals surface area contributed by atoms with Crippen molar-refractivity contribution in [3.05, 3.63) is 101 Å². The Labute approximate surface area is 158 Å². The quantitative estimate of drug-likeness (QED) is 0.725. The van der Waals surface area contributed by atoms with Crippen LogP contribution in [0.4, 0.5) is 0 Å². The lowest BCUT2D eigenvalue weighted by Crippen LogP contribution is -2.46. The molecule has 0 saturated heterocycles. The highest BCUT2D eigenvalue weighted by Gasteiger charge is 2.53. The van der Waals surface area contributed by atoms with Gasteiger partial charge in [-0.2, -0.15) is 0 Å². The number of hydrogen-bond acceptors (Lipinski definition) is 2. The molecule has 1 N–H and O–H groups in total. The van der Waals surface area contributed by atoms with Crippen molar-refractivity contribution in [2.24, 2.45) is 0 Å². The van der Waals surface area contributed by atoms with Crippen molar-refractivity contribution in [2.75, 3.05) is 0 Å². The Balaban J connectivity index is 1.58. The molecule has 6 rings (SSSR count). The Hall–Kier alpha value is -3.07. The molecule has 2 bridgehead atoms. The fraction of sp³-hybridized carbons (Fsp3) is 0.208. The van der Waals surface area contributed by atoms with E-state index in [-0.39, 0.29) is 5.92 Å². The van der Waals surface area contributed by atoms with Crippen molar-refractivity contribution in [3.8, 4) is 5.75 Å². The van der Waals surface area contributed by atoms with Crippen LogP contribution in [-0.2, 0) is 16.8 Å². The Morgan fingerprint density at radius 1 is 0.963 bits per heavy atom. The molecule has 134 valence electrons. The Kier molecular flexibility index (Phi) is 3.57. The van der Waals surface area contributed by atoms with E-state index in [1.54, 1.807) is 0 Å². The minimum atomic E-state index is -0.965. The maximum absolute atomic E-state index is 12.5. The summed E-state index contributed by atoms with van der Waals surface area (Å²) in [7, 11) is 0. The Morgan fingerprint density at radius 3 is 2.52 bits per heavy atom. The first-order valence-electron chi connectivity index (χ1n) is 9.34. The summed E-state index contributed by atoms with van der Waals surface area (Å²) in [6, 6.07) is 24.0. The van der Waals surface area contributed by atoms with E-state index in [2.05, 4.69) is 12.1 Å². The average molecular weight is 356 g/mol. The van der Waals surface area contributed by atoms with E-state index in [0.717, 1.165) is 40.0 Å². The van der Waals surface area contributed by atoms with Crippen LogP contribution in [0.15, 0.2) is 72.8 Å². The summed E-state index contributed by atoms with van der Waals surface area (Å²) >= 11 is 0. The van der Waals surface area contributed by atoms with Crippen LogP contribution >= 0.6 is 0 Å². The van der Waals surface area contributed by atoms with E-state index in [0.29, 0.717) is 13.0 Å². The molecule has 0 heterocycles. The Bertz CT molecular complexity index is 1020. The first-order chi connectivity index (χ1) is 13.2. The van der Waals surface area contributed by atoms with Gasteiger partial charge in [0.05, 0.1) is 0 Å². The highest BCUT2D eigenvalue weighted by Crippen LogP contribution is 2.56. The summed E-state index contributed by atoms with van der Waals surface area (Å²) in [5, 5.41) is 10.3. The molecule has 27 heavy (non-hydrogen) atoms. The van der Waals surface area contributed by atoms with E-state index in [1.165, 1.54) is 0 Å². The molecule has 3 aliphatic rings. The van der Waals surface area contributed by atoms with Crippen molar-refractivity contribution in [1.82, 2.24) is 0 Å². The predicted octanol–water partition coefficient (Wildman–Crippen LogP) is 4.88. The van der Waals surface area contributed by atoms with E-state index in [4.69, 9.17) is 4.74 Å². The molecule has 0 saturated carbocycles. The van der Waals surface area contributed by atoms with Crippen LogP contribution < -0.4 is 4.74 Å². The van der Waals surface area contributed by atoms with Crippen molar-refractivity contribution in [3.63, 3.8) is 0 Å². The molecular formula is C24H20O3. The molecule has 0 aromatic heterocycles. The second-order valence-electron chi connectivity index (χ2n) is 7.41. The number of fused-ring (bicyclic) bond motifs is 1. The first kappa shape index (κ1) is 16.1. The van der Waals surface area contributed by atoms with Gasteiger partial charge in [0, 0.05) is 5.92 Å². The van der Waals surface area contributed by atoms with Gasteiger partial charge in [0.15, 0.2) is 0 Å². The maximum Gasteiger partial charge on any atom is 0.318 e. The molecule has 3 heteroatoms. The zero-order valence-electron chi connectivity index (χ0n) is 14.9. The van der Waals surface area contributed by atoms with Crippen LogP contribution in [-0.4, -0.2) is 11.1 Å². The van der Waals surface area contributed by atoms with Gasteiger partial charge in [0.2, 0.25) is 0 Å². The van der Waals surface area contributed by atoms with Gasteiger partial charge < -0.3 is 9.84 Å². The molecule has 3 aliphatic carbocycles. The van der Waals surface area contributed by atoms with Crippen LogP contribution in [0.25, 0.3) is 0 Å². The summed E-state index contributed by atoms with van der Waals surface area (Å²) < 4.78 is 5.99. The van der Waals surface area contributed by atoms with Gasteiger partial charge in [-0.3, -0.25) is 4.79 Å². The molecule has 3 nitrogen and oxygen atoms in total. The number of aliphatic carboxylic acids is 1. The topological polar surface area (TPSA) is 46.5 Å². The monoisotopic (exact) mass is 356 g/mol. The van der Waals surface area contributed by atoms with Gasteiger partial charge in [0.1, 0.15) is 17.8 Å². The third kappa shape index (κ3) is 2.31. The molecule has 2 unspecified atom stereocenters. The zero-order valence-corrected chi connectivity index (χ0v) is 14.9. The maximum atomic E-state index is 12.5. The Morgan fingerprint density at radius 2 is 1.70 bits per heavy atom. The standard InChI is InChI=1S/C24H20O3/c25-23(26)24-13-12-18(19-8-4-5-9-21(19)24)20-11-10-17(14-22(20)24)27-15-16-6-2-1-3-7-16/h1-11,14,18H,12-13,15H2,(H,25,26). The average Bonchev–Trinajstić information content (AvgIpc) is 2.73. The van der Waals surface area contributed by atoms with E-state index in [9.17, 15) is 9.90 Å². The number of carbonyl (C=O) groups is 1. The highest BCUT2D eigenvalue weighted by molar-refractivity contribution is 5.90. The first-order valence-corrected chi connectivity index (χ1v) is 9.34. The van der Waals surface area contributed by atoms with Gasteiger partial charge in [-0.25, -0.2) is 0 Å². The number of carboxylic acid groups (broad SMARTS) is 1. The van der Waals surface area contributed by atoms with Crippen molar-refractivity contribution < 1.29 is 14.6 Å². The summed E-state index contributed by atoms with van der Waals surface area (Å²) in [5.74, 6) is 0.235. The van der Waals surface area contributed by atoms with Crippen LogP contribution in [0.2, 0.25) is 0 Å². The van der Waals surface area contributed by atoms with E-state index >= 15 is 0 Å². The van der Waals surface area contributed by atoms with Crippen molar-refractivity contribution in [2.45, 2.75) is 30.8 Å². The molecule has 0 radical (unpaired) electrons. The van der Waals surface area contributed by atoms with Crippen molar-refractivity contribution in [1.29, 1.82) is 0 Å². The van der Waals surface area contributed by atoms with E-state index < -0.39 is 11.4 Å². The predicted molar refractivity (Wildman–Crippen MR) is 103 cm³/mol. The lowest BCUT2D eigenvalue weighted by atomic mass is 9.55. The van der Waals surface area contributed by atoms with Gasteiger partial charge in [-0.1, -0.05) is 60.7 Å². The summed E-state index contributed by atoms with van der Waals surface area (Å²) in [5.41, 5.74) is 4.27. The normalized spacial score (nSPS) is 22.0. The van der Waals surface area contributed by atoms with Crippen LogP contribution in [0.3, 0.4) is 0 Å². The second-order valence-corrected chi connectivity index (χ2v) is 7.41. The van der Waals surface area contributed by atoms with Crippen molar-refractivity contribution >= 4 is 5.97 Å². The van der Waals surface area contributed by atoms with Gasteiger partial charge in [-0.05, 0) is 52.8 Å².